The molecule has 0 radical (unpaired) electrons. The lowest BCUT2D eigenvalue weighted by Crippen LogP contribution is -2.15. The molecule has 1 aromatic carbocycles. The van der Waals surface area contributed by atoms with Crippen LogP contribution in [0.25, 0.3) is 10.6 Å². The van der Waals surface area contributed by atoms with Crippen molar-refractivity contribution in [2.75, 3.05) is 25.1 Å². The first kappa shape index (κ1) is 18.3. The number of fused-ring (bicyclic) bond motifs is 6. The number of anilines is 1. The van der Waals surface area contributed by atoms with E-state index in [9.17, 15) is 9.59 Å². The van der Waals surface area contributed by atoms with Gasteiger partial charge in [-0.25, -0.2) is 4.98 Å². The minimum Gasteiger partial charge on any atom is -0.491 e. The van der Waals surface area contributed by atoms with Crippen LogP contribution in [0.3, 0.4) is 0 Å². The van der Waals surface area contributed by atoms with Crippen LogP contribution < -0.4 is 10.1 Å². The van der Waals surface area contributed by atoms with E-state index in [1.165, 1.54) is 17.5 Å². The third kappa shape index (κ3) is 4.10. The molecule has 1 amide bonds. The molecular weight excluding hydrogens is 380 g/mol. The van der Waals surface area contributed by atoms with Gasteiger partial charge in [0.15, 0.2) is 5.78 Å². The summed E-state index contributed by atoms with van der Waals surface area (Å²) in [6.45, 7) is 1.30. The molecule has 1 aliphatic heterocycles. The Morgan fingerprint density at radius 2 is 2.07 bits per heavy atom. The fourth-order valence-electron chi connectivity index (χ4n) is 2.79. The number of rotatable bonds is 0. The van der Waals surface area contributed by atoms with Gasteiger partial charge in [-0.15, -0.1) is 11.3 Å². The average Bonchev–Trinajstić information content (AvgIpc) is 3.36. The van der Waals surface area contributed by atoms with E-state index in [0.717, 1.165) is 5.56 Å². The van der Waals surface area contributed by atoms with E-state index in [2.05, 4.69) is 20.5 Å². The fraction of sp³-hybridized carbons (Fsp3) is 0.263. The topological polar surface area (TPSA) is 106 Å². The van der Waals surface area contributed by atoms with Crippen LogP contribution in [0, 0.1) is 0 Å². The van der Waals surface area contributed by atoms with E-state index < -0.39 is 5.91 Å². The number of amides is 1. The van der Waals surface area contributed by atoms with Gasteiger partial charge in [0, 0.05) is 24.0 Å². The van der Waals surface area contributed by atoms with Gasteiger partial charge >= 0.3 is 0 Å². The highest BCUT2D eigenvalue weighted by molar-refractivity contribution is 7.13. The summed E-state index contributed by atoms with van der Waals surface area (Å²) in [5.41, 5.74) is 1.77. The van der Waals surface area contributed by atoms with Crippen molar-refractivity contribution in [3.63, 3.8) is 0 Å². The largest absolute Gasteiger partial charge is 0.491 e. The van der Waals surface area contributed by atoms with Gasteiger partial charge in [-0.3, -0.25) is 14.7 Å². The lowest BCUT2D eigenvalue weighted by Gasteiger charge is -2.09. The second-order valence-electron chi connectivity index (χ2n) is 6.17. The quantitative estimate of drug-likeness (QED) is 0.602. The first-order chi connectivity index (χ1) is 13.7. The van der Waals surface area contributed by atoms with Crippen molar-refractivity contribution in [3.05, 3.63) is 47.2 Å². The molecule has 4 rings (SSSR count). The number of thiazole rings is 1. The molecule has 3 aromatic rings. The number of hydrogen-bond acceptors (Lipinski definition) is 7. The monoisotopic (exact) mass is 398 g/mol. The summed E-state index contributed by atoms with van der Waals surface area (Å²) in [7, 11) is 0. The number of nitrogens with zero attached hydrogens (tertiary/aromatic N) is 2. The van der Waals surface area contributed by atoms with E-state index in [4.69, 9.17) is 9.47 Å². The second-order valence-corrected chi connectivity index (χ2v) is 7.02. The number of aromatic amines is 1. The number of benzene rings is 1. The predicted molar refractivity (Wildman–Crippen MR) is 104 cm³/mol. The van der Waals surface area contributed by atoms with Crippen LogP contribution in [0.15, 0.2) is 35.8 Å². The molecule has 28 heavy (non-hydrogen) atoms. The minimum absolute atomic E-state index is 0.136. The van der Waals surface area contributed by atoms with Gasteiger partial charge in [0.05, 0.1) is 18.5 Å². The summed E-state index contributed by atoms with van der Waals surface area (Å²) < 4.78 is 11.2. The number of carbonyl (C=O) groups is 2. The Hall–Kier alpha value is -3.04. The first-order valence-corrected chi connectivity index (χ1v) is 9.73. The molecule has 8 nitrogen and oxygen atoms in total. The zero-order valence-corrected chi connectivity index (χ0v) is 15.8. The smallest absolute Gasteiger partial charge is 0.275 e. The zero-order valence-electron chi connectivity index (χ0n) is 14.9. The van der Waals surface area contributed by atoms with Gasteiger partial charge < -0.3 is 14.8 Å². The Bertz CT molecular complexity index is 997. The first-order valence-electron chi connectivity index (χ1n) is 8.85. The molecule has 0 spiro atoms. The van der Waals surface area contributed by atoms with Crippen molar-refractivity contribution in [2.45, 2.75) is 12.8 Å². The highest BCUT2D eigenvalue weighted by Gasteiger charge is 2.18. The maximum atomic E-state index is 12.6. The number of carbonyl (C=O) groups excluding carboxylic acids is 2. The Balaban J connectivity index is 1.62. The average molecular weight is 398 g/mol. The maximum Gasteiger partial charge on any atom is 0.275 e. The van der Waals surface area contributed by atoms with Crippen LogP contribution in [0.5, 0.6) is 5.75 Å². The lowest BCUT2D eigenvalue weighted by molar-refractivity contribution is 0.0868. The Kier molecular flexibility index (Phi) is 5.45. The maximum absolute atomic E-state index is 12.6. The van der Waals surface area contributed by atoms with Crippen LogP contribution in [-0.2, 0) is 4.74 Å². The second kappa shape index (κ2) is 8.32. The van der Waals surface area contributed by atoms with Gasteiger partial charge in [0.25, 0.3) is 5.91 Å². The van der Waals surface area contributed by atoms with Crippen LogP contribution in [0.2, 0.25) is 0 Å². The third-order valence-electron chi connectivity index (χ3n) is 4.17. The van der Waals surface area contributed by atoms with Crippen molar-refractivity contribution in [1.82, 2.24) is 15.2 Å². The van der Waals surface area contributed by atoms with Crippen LogP contribution in [0.4, 0.5) is 5.69 Å². The summed E-state index contributed by atoms with van der Waals surface area (Å²) in [5.74, 6) is 0.180. The van der Waals surface area contributed by atoms with Gasteiger partial charge in [-0.05, 0) is 18.6 Å². The number of hydrogen-bond donors (Lipinski definition) is 2. The normalized spacial score (nSPS) is 15.7. The van der Waals surface area contributed by atoms with E-state index in [1.54, 1.807) is 5.38 Å². The molecule has 4 bridgehead atoms. The van der Waals surface area contributed by atoms with Gasteiger partial charge in [-0.2, -0.15) is 5.10 Å². The Morgan fingerprint density at radius 1 is 1.14 bits per heavy atom. The molecule has 3 heterocycles. The van der Waals surface area contributed by atoms with E-state index in [-0.39, 0.29) is 23.6 Å². The number of Topliss-reactive ketones (excluding diaryl/α,β-unsaturated/α-hetero) is 1. The molecule has 144 valence electrons. The molecule has 9 heteroatoms. The summed E-state index contributed by atoms with van der Waals surface area (Å²) in [5, 5.41) is 11.6. The molecule has 0 unspecified atom stereocenters. The van der Waals surface area contributed by atoms with Crippen LogP contribution >= 0.6 is 11.3 Å². The fourth-order valence-corrected chi connectivity index (χ4v) is 3.59. The summed E-state index contributed by atoms with van der Waals surface area (Å²) >= 11 is 1.36. The number of aromatic nitrogens is 3. The molecular formula is C19H18N4O4S. The predicted octanol–water partition coefficient (Wildman–Crippen LogP) is 3.16. The summed E-state index contributed by atoms with van der Waals surface area (Å²) in [4.78, 5) is 29.4. The molecule has 0 saturated carbocycles. The van der Waals surface area contributed by atoms with Gasteiger partial charge in [0.2, 0.25) is 0 Å². The SMILES string of the molecule is O=C1Nc2cn[nH]c2C(=O)CCCOCCOc2cccc(c2)-c2nc1cs2. The number of nitrogens with one attached hydrogen (secondary N) is 2. The van der Waals surface area contributed by atoms with Crippen molar-refractivity contribution in [3.8, 4) is 16.3 Å². The summed E-state index contributed by atoms with van der Waals surface area (Å²) in [6, 6.07) is 7.54. The molecule has 2 N–H and O–H groups in total. The third-order valence-corrected chi connectivity index (χ3v) is 5.06. The van der Waals surface area contributed by atoms with Gasteiger partial charge in [0.1, 0.15) is 28.8 Å². The van der Waals surface area contributed by atoms with E-state index >= 15 is 0 Å². The molecule has 2 aromatic heterocycles. The van der Waals surface area contributed by atoms with Crippen molar-refractivity contribution >= 4 is 28.7 Å². The molecule has 0 aliphatic carbocycles. The Morgan fingerprint density at radius 3 is 3.00 bits per heavy atom. The number of H-pyrrole nitrogens is 1. The lowest BCUT2D eigenvalue weighted by atomic mass is 10.1. The Labute approximate surface area is 164 Å². The molecule has 0 saturated heterocycles. The zero-order chi connectivity index (χ0) is 19.3. The van der Waals surface area contributed by atoms with Crippen LogP contribution in [-0.4, -0.2) is 46.7 Å². The van der Waals surface area contributed by atoms with Gasteiger partial charge in [-0.1, -0.05) is 12.1 Å². The van der Waals surface area contributed by atoms with E-state index in [0.29, 0.717) is 42.7 Å². The number of ketones is 1. The highest BCUT2D eigenvalue weighted by Crippen LogP contribution is 2.27. The van der Waals surface area contributed by atoms with Crippen molar-refractivity contribution in [1.29, 1.82) is 0 Å². The standard InChI is InChI=1S/C19H18N4O4S/c24-16-5-2-6-26-7-8-27-13-4-1-3-12(9-13)19-22-15(11-28-19)18(25)21-14-10-20-23-17(14)16/h1,3-4,9-11H,2,5-8H2,(H,20,23)(H,21,25). The molecule has 1 aliphatic rings. The van der Waals surface area contributed by atoms with Crippen LogP contribution in [0.1, 0.15) is 33.8 Å². The van der Waals surface area contributed by atoms with Crippen molar-refractivity contribution < 1.29 is 19.1 Å². The molecule has 0 fully saturated rings. The summed E-state index contributed by atoms with van der Waals surface area (Å²) in [6.07, 6.45) is 2.28. The number of ether oxygens (including phenoxy) is 2. The molecule has 0 atom stereocenters. The van der Waals surface area contributed by atoms with E-state index in [1.807, 2.05) is 24.3 Å². The highest BCUT2D eigenvalue weighted by atomic mass is 32.1. The minimum atomic E-state index is -0.394. The van der Waals surface area contributed by atoms with Crippen molar-refractivity contribution in [2.24, 2.45) is 0 Å².